The summed E-state index contributed by atoms with van der Waals surface area (Å²) in [5.41, 5.74) is 5.53. The van der Waals surface area contributed by atoms with Crippen LogP contribution in [0, 0.1) is 0 Å². The second-order valence-electron chi connectivity index (χ2n) is 10.2. The van der Waals surface area contributed by atoms with Gasteiger partial charge in [0.2, 0.25) is 0 Å². The minimum Gasteiger partial charge on any atom is -0.481 e. The molecule has 5 heteroatoms. The molecule has 2 N–H and O–H groups in total. The molecular weight excluding hydrogens is 436 g/mol. The van der Waals surface area contributed by atoms with Gasteiger partial charge in [-0.2, -0.15) is 0 Å². The summed E-state index contributed by atoms with van der Waals surface area (Å²) in [5.74, 6) is 0.363. The molecule has 0 aliphatic heterocycles. The van der Waals surface area contributed by atoms with E-state index in [0.717, 1.165) is 25.0 Å². The molecule has 0 bridgehead atoms. The summed E-state index contributed by atoms with van der Waals surface area (Å²) < 4.78 is 6.05. The maximum atomic E-state index is 12.8. The number of fused-ring (bicyclic) bond motifs is 1. The van der Waals surface area contributed by atoms with Crippen molar-refractivity contribution in [3.63, 3.8) is 0 Å². The number of rotatable bonds is 6. The summed E-state index contributed by atoms with van der Waals surface area (Å²) in [7, 11) is 0. The van der Waals surface area contributed by atoms with Crippen molar-refractivity contribution in [2.75, 3.05) is 10.6 Å². The first-order chi connectivity index (χ1) is 16.7. The van der Waals surface area contributed by atoms with Crippen LogP contribution in [-0.4, -0.2) is 17.9 Å². The Hall–Kier alpha value is -3.60. The lowest BCUT2D eigenvalue weighted by atomic mass is 9.87. The van der Waals surface area contributed by atoms with Gasteiger partial charge in [-0.1, -0.05) is 51.1 Å². The Labute approximate surface area is 207 Å². The molecule has 0 aromatic heterocycles. The summed E-state index contributed by atoms with van der Waals surface area (Å²) in [6.07, 6.45) is 3.74. The molecule has 3 aromatic carbocycles. The molecular formula is C30H34N2O3. The Balaban J connectivity index is 1.38. The fourth-order valence-electron chi connectivity index (χ4n) is 4.34. The van der Waals surface area contributed by atoms with E-state index in [-0.39, 0.29) is 17.2 Å². The highest BCUT2D eigenvalue weighted by molar-refractivity contribution is 6.04. The van der Waals surface area contributed by atoms with Crippen LogP contribution in [-0.2, 0) is 23.1 Å². The van der Waals surface area contributed by atoms with Crippen LogP contribution in [0.1, 0.15) is 67.6 Å². The van der Waals surface area contributed by atoms with E-state index in [9.17, 15) is 9.59 Å². The first-order valence-electron chi connectivity index (χ1n) is 12.3. The van der Waals surface area contributed by atoms with E-state index in [2.05, 4.69) is 37.5 Å². The van der Waals surface area contributed by atoms with Gasteiger partial charge in [0.25, 0.3) is 11.8 Å². The van der Waals surface area contributed by atoms with E-state index in [4.69, 9.17) is 4.74 Å². The molecule has 0 radical (unpaired) electrons. The molecule has 1 aliphatic rings. The van der Waals surface area contributed by atoms with Crippen molar-refractivity contribution in [2.45, 2.75) is 64.9 Å². The van der Waals surface area contributed by atoms with Gasteiger partial charge in [0.05, 0.1) is 0 Å². The van der Waals surface area contributed by atoms with Gasteiger partial charge in [-0.3, -0.25) is 9.59 Å². The summed E-state index contributed by atoms with van der Waals surface area (Å²) in [5, 5.41) is 5.82. The van der Waals surface area contributed by atoms with Gasteiger partial charge in [0.1, 0.15) is 5.75 Å². The molecule has 1 atom stereocenters. The number of hydrogen-bond donors (Lipinski definition) is 2. The number of anilines is 2. The highest BCUT2D eigenvalue weighted by Crippen LogP contribution is 2.30. The van der Waals surface area contributed by atoms with Crippen LogP contribution < -0.4 is 15.4 Å². The van der Waals surface area contributed by atoms with Crippen LogP contribution in [0.5, 0.6) is 5.75 Å². The van der Waals surface area contributed by atoms with E-state index < -0.39 is 6.10 Å². The van der Waals surface area contributed by atoms with Crippen LogP contribution >= 0.6 is 0 Å². The van der Waals surface area contributed by atoms with Crippen LogP contribution in [0.2, 0.25) is 0 Å². The van der Waals surface area contributed by atoms with Crippen molar-refractivity contribution in [3.8, 4) is 5.75 Å². The quantitative estimate of drug-likeness (QED) is 0.431. The molecule has 3 aromatic rings. The topological polar surface area (TPSA) is 67.4 Å². The monoisotopic (exact) mass is 470 g/mol. The van der Waals surface area contributed by atoms with Gasteiger partial charge in [-0.15, -0.1) is 0 Å². The van der Waals surface area contributed by atoms with Crippen LogP contribution in [0.4, 0.5) is 11.4 Å². The fourth-order valence-corrected chi connectivity index (χ4v) is 4.34. The van der Waals surface area contributed by atoms with Crippen molar-refractivity contribution in [2.24, 2.45) is 0 Å². The first kappa shape index (κ1) is 24.5. The van der Waals surface area contributed by atoms with E-state index in [1.807, 2.05) is 36.4 Å². The number of carbonyl (C=O) groups excluding carboxylic acids is 2. The molecule has 4 rings (SSSR count). The number of ether oxygens (including phenoxy) is 1. The minimum atomic E-state index is -0.650. The summed E-state index contributed by atoms with van der Waals surface area (Å²) >= 11 is 0. The molecule has 35 heavy (non-hydrogen) atoms. The Morgan fingerprint density at radius 1 is 0.857 bits per heavy atom. The maximum Gasteiger partial charge on any atom is 0.265 e. The number of nitrogens with one attached hydrogen (secondary N) is 2. The van der Waals surface area contributed by atoms with Crippen molar-refractivity contribution < 1.29 is 14.3 Å². The van der Waals surface area contributed by atoms with Crippen molar-refractivity contribution >= 4 is 23.2 Å². The molecule has 0 spiro atoms. The number of aryl methyl sites for hydroxylation is 1. The first-order valence-corrected chi connectivity index (χ1v) is 12.3. The zero-order valence-corrected chi connectivity index (χ0v) is 21.0. The van der Waals surface area contributed by atoms with E-state index >= 15 is 0 Å². The Bertz CT molecular complexity index is 1210. The number of amides is 2. The van der Waals surface area contributed by atoms with Gasteiger partial charge >= 0.3 is 0 Å². The predicted molar refractivity (Wildman–Crippen MR) is 141 cm³/mol. The van der Waals surface area contributed by atoms with Crippen molar-refractivity contribution in [3.05, 3.63) is 89.0 Å². The molecule has 2 amide bonds. The number of hydrogen-bond acceptors (Lipinski definition) is 3. The van der Waals surface area contributed by atoms with Crippen LogP contribution in [0.25, 0.3) is 0 Å². The molecule has 0 saturated carbocycles. The summed E-state index contributed by atoms with van der Waals surface area (Å²) in [6, 6.07) is 20.9. The highest BCUT2D eigenvalue weighted by Gasteiger charge is 2.20. The van der Waals surface area contributed by atoms with Crippen molar-refractivity contribution in [1.29, 1.82) is 0 Å². The van der Waals surface area contributed by atoms with Gasteiger partial charge in [0.15, 0.2) is 6.10 Å². The van der Waals surface area contributed by atoms with Gasteiger partial charge < -0.3 is 15.4 Å². The SMILES string of the molecule is C[C@H](Oc1cccc2c1CCCC2)C(=O)Nc1cccc(NC(=O)c2ccc(C(C)(C)C)cc2)c1. The van der Waals surface area contributed by atoms with Gasteiger partial charge in [-0.05, 0) is 91.1 Å². The zero-order chi connectivity index (χ0) is 25.0. The largest absolute Gasteiger partial charge is 0.481 e. The average molecular weight is 471 g/mol. The van der Waals surface area contributed by atoms with E-state index in [0.29, 0.717) is 16.9 Å². The second kappa shape index (κ2) is 10.3. The third-order valence-corrected chi connectivity index (χ3v) is 6.43. The molecule has 0 heterocycles. The zero-order valence-electron chi connectivity index (χ0n) is 21.0. The standard InChI is InChI=1S/C30H34N2O3/c1-20(35-27-14-7-10-21-9-5-6-13-26(21)27)28(33)31-24-11-8-12-25(19-24)32-29(34)22-15-17-23(18-16-22)30(2,3)4/h7-8,10-12,14-20H,5-6,9,13H2,1-4H3,(H,31,33)(H,32,34)/t20-/m0/s1. The lowest BCUT2D eigenvalue weighted by Gasteiger charge is -2.22. The molecule has 182 valence electrons. The van der Waals surface area contributed by atoms with Gasteiger partial charge in [-0.25, -0.2) is 0 Å². The molecule has 0 fully saturated rings. The average Bonchev–Trinajstić information content (AvgIpc) is 2.84. The van der Waals surface area contributed by atoms with Gasteiger partial charge in [0, 0.05) is 16.9 Å². The summed E-state index contributed by atoms with van der Waals surface area (Å²) in [6.45, 7) is 8.18. The summed E-state index contributed by atoms with van der Waals surface area (Å²) in [4.78, 5) is 25.5. The Morgan fingerprint density at radius 3 is 2.23 bits per heavy atom. The number of carbonyl (C=O) groups is 2. The smallest absolute Gasteiger partial charge is 0.265 e. The van der Waals surface area contributed by atoms with Crippen molar-refractivity contribution in [1.82, 2.24) is 0 Å². The predicted octanol–water partition coefficient (Wildman–Crippen LogP) is 6.52. The van der Waals surface area contributed by atoms with Crippen LogP contribution in [0.3, 0.4) is 0 Å². The fraction of sp³-hybridized carbons (Fsp3) is 0.333. The lowest BCUT2D eigenvalue weighted by Crippen LogP contribution is -2.30. The molecule has 1 aliphatic carbocycles. The second-order valence-corrected chi connectivity index (χ2v) is 10.2. The highest BCUT2D eigenvalue weighted by atomic mass is 16.5. The molecule has 5 nitrogen and oxygen atoms in total. The van der Waals surface area contributed by atoms with E-state index in [1.165, 1.54) is 23.1 Å². The van der Waals surface area contributed by atoms with Crippen LogP contribution in [0.15, 0.2) is 66.7 Å². The molecule has 0 saturated heterocycles. The lowest BCUT2D eigenvalue weighted by molar-refractivity contribution is -0.122. The Morgan fingerprint density at radius 2 is 1.51 bits per heavy atom. The minimum absolute atomic E-state index is 0.0300. The maximum absolute atomic E-state index is 12.8. The van der Waals surface area contributed by atoms with E-state index in [1.54, 1.807) is 31.2 Å². The third kappa shape index (κ3) is 6.10. The normalized spacial score (nSPS) is 13.9. The Kier molecular flexibility index (Phi) is 7.25. The number of benzene rings is 3. The third-order valence-electron chi connectivity index (χ3n) is 6.43. The molecule has 0 unspecified atom stereocenters.